The zero-order chi connectivity index (χ0) is 17.9. The van der Waals surface area contributed by atoms with Crippen molar-refractivity contribution in [3.63, 3.8) is 0 Å². The van der Waals surface area contributed by atoms with E-state index in [9.17, 15) is 4.79 Å². The normalized spacial score (nSPS) is 10.4. The van der Waals surface area contributed by atoms with Crippen molar-refractivity contribution in [1.29, 1.82) is 0 Å². The zero-order valence-electron chi connectivity index (χ0n) is 14.5. The number of hydrogen-bond donors (Lipinski definition) is 2. The zero-order valence-corrected chi connectivity index (χ0v) is 15.3. The molecule has 2 N–H and O–H groups in total. The van der Waals surface area contributed by atoms with Crippen LogP contribution in [0.4, 0.5) is 0 Å². The lowest BCUT2D eigenvalue weighted by Gasteiger charge is -2.16. The molecule has 0 spiro atoms. The van der Waals surface area contributed by atoms with Gasteiger partial charge in [-0.1, -0.05) is 42.2 Å². The minimum absolute atomic E-state index is 0.0501. The third-order valence-corrected chi connectivity index (χ3v) is 4.58. The molecule has 132 valence electrons. The van der Waals surface area contributed by atoms with Crippen LogP contribution in [0.25, 0.3) is 0 Å². The molecule has 1 aromatic heterocycles. The van der Waals surface area contributed by atoms with Crippen molar-refractivity contribution in [1.82, 2.24) is 10.2 Å². The first kappa shape index (κ1) is 19.2. The summed E-state index contributed by atoms with van der Waals surface area (Å²) in [6.07, 6.45) is 1.36. The SMILES string of the molecule is CN(CCCNC(=O)c1ccc(C#CCCO)s1)Cc1ccccc1. The molecule has 0 aliphatic heterocycles. The molecule has 0 unspecified atom stereocenters. The van der Waals surface area contributed by atoms with Crippen LogP contribution in [0.1, 0.15) is 33.0 Å². The van der Waals surface area contributed by atoms with Gasteiger partial charge < -0.3 is 15.3 Å². The second-order valence-electron chi connectivity index (χ2n) is 5.77. The number of amides is 1. The van der Waals surface area contributed by atoms with Crippen LogP contribution in [0, 0.1) is 11.8 Å². The number of aliphatic hydroxyl groups is 1. The molecule has 0 atom stereocenters. The lowest BCUT2D eigenvalue weighted by atomic mass is 10.2. The molecule has 0 saturated heterocycles. The van der Waals surface area contributed by atoms with Gasteiger partial charge in [-0.3, -0.25) is 4.79 Å². The van der Waals surface area contributed by atoms with E-state index >= 15 is 0 Å². The van der Waals surface area contributed by atoms with E-state index in [0.717, 1.165) is 24.4 Å². The van der Waals surface area contributed by atoms with Gasteiger partial charge in [0, 0.05) is 19.5 Å². The molecule has 0 aliphatic rings. The molecular formula is C20H24N2O2S. The number of benzene rings is 1. The molecule has 1 aromatic carbocycles. The highest BCUT2D eigenvalue weighted by molar-refractivity contribution is 7.14. The van der Waals surface area contributed by atoms with Gasteiger partial charge in [0.15, 0.2) is 0 Å². The molecule has 25 heavy (non-hydrogen) atoms. The number of rotatable bonds is 8. The summed E-state index contributed by atoms with van der Waals surface area (Å²) < 4.78 is 0. The summed E-state index contributed by atoms with van der Waals surface area (Å²) in [5.74, 6) is 5.76. The third-order valence-electron chi connectivity index (χ3n) is 3.58. The van der Waals surface area contributed by atoms with E-state index in [4.69, 9.17) is 5.11 Å². The van der Waals surface area contributed by atoms with Gasteiger partial charge in [0.1, 0.15) is 0 Å². The summed E-state index contributed by atoms with van der Waals surface area (Å²) in [5, 5.41) is 11.7. The first-order chi connectivity index (χ1) is 12.2. The lowest BCUT2D eigenvalue weighted by Crippen LogP contribution is -2.27. The van der Waals surface area contributed by atoms with Crippen molar-refractivity contribution in [2.45, 2.75) is 19.4 Å². The minimum Gasteiger partial charge on any atom is -0.395 e. The quantitative estimate of drug-likeness (QED) is 0.565. The van der Waals surface area contributed by atoms with Crippen molar-refractivity contribution >= 4 is 17.2 Å². The Morgan fingerprint density at radius 3 is 2.80 bits per heavy atom. The van der Waals surface area contributed by atoms with E-state index in [0.29, 0.717) is 17.8 Å². The maximum atomic E-state index is 12.1. The summed E-state index contributed by atoms with van der Waals surface area (Å²) in [6, 6.07) is 14.0. The number of thiophene rings is 1. The van der Waals surface area contributed by atoms with Crippen molar-refractivity contribution in [3.8, 4) is 11.8 Å². The van der Waals surface area contributed by atoms with Crippen LogP contribution in [-0.2, 0) is 6.54 Å². The Balaban J connectivity index is 1.67. The van der Waals surface area contributed by atoms with Crippen molar-refractivity contribution in [3.05, 3.63) is 57.8 Å². The van der Waals surface area contributed by atoms with Gasteiger partial charge in [0.2, 0.25) is 0 Å². The third kappa shape index (κ3) is 7.10. The second kappa shape index (κ2) is 10.7. The monoisotopic (exact) mass is 356 g/mol. The van der Waals surface area contributed by atoms with Gasteiger partial charge in [0.05, 0.1) is 16.4 Å². The van der Waals surface area contributed by atoms with Crippen LogP contribution in [0.2, 0.25) is 0 Å². The molecule has 0 aliphatic carbocycles. The smallest absolute Gasteiger partial charge is 0.261 e. The maximum Gasteiger partial charge on any atom is 0.261 e. The molecular weight excluding hydrogens is 332 g/mol. The standard InChI is InChI=1S/C20H24N2O2S/c1-22(16-17-8-3-2-4-9-17)14-7-13-21-20(24)19-12-11-18(25-19)10-5-6-15-23/h2-4,8-9,11-12,23H,6-7,13-16H2,1H3,(H,21,24). The Labute approximate surface area is 153 Å². The van der Waals surface area contributed by atoms with E-state index in [-0.39, 0.29) is 12.5 Å². The maximum absolute atomic E-state index is 12.1. The molecule has 2 rings (SSSR count). The Hall–Kier alpha value is -2.13. The largest absolute Gasteiger partial charge is 0.395 e. The van der Waals surface area contributed by atoms with E-state index in [1.54, 1.807) is 6.07 Å². The van der Waals surface area contributed by atoms with E-state index in [1.807, 2.05) is 24.3 Å². The molecule has 0 fully saturated rings. The molecule has 0 radical (unpaired) electrons. The van der Waals surface area contributed by atoms with Gasteiger partial charge in [-0.15, -0.1) is 11.3 Å². The van der Waals surface area contributed by atoms with Crippen LogP contribution in [0.5, 0.6) is 0 Å². The lowest BCUT2D eigenvalue weighted by molar-refractivity contribution is 0.0956. The predicted molar refractivity (Wildman–Crippen MR) is 103 cm³/mol. The van der Waals surface area contributed by atoms with Gasteiger partial charge >= 0.3 is 0 Å². The Bertz CT molecular complexity index is 716. The van der Waals surface area contributed by atoms with Crippen molar-refractivity contribution in [2.75, 3.05) is 26.7 Å². The summed E-state index contributed by atoms with van der Waals surface area (Å²) in [4.78, 5) is 15.9. The number of nitrogens with zero attached hydrogens (tertiary/aromatic N) is 1. The highest BCUT2D eigenvalue weighted by Gasteiger charge is 2.08. The number of carbonyl (C=O) groups excluding carboxylic acids is 1. The number of aliphatic hydroxyl groups excluding tert-OH is 1. The van der Waals surface area contributed by atoms with Gasteiger partial charge in [-0.05, 0) is 37.7 Å². The predicted octanol–water partition coefficient (Wildman–Crippen LogP) is 2.73. The Morgan fingerprint density at radius 2 is 2.04 bits per heavy atom. The van der Waals surface area contributed by atoms with Gasteiger partial charge in [-0.2, -0.15) is 0 Å². The first-order valence-electron chi connectivity index (χ1n) is 8.39. The van der Waals surface area contributed by atoms with Crippen LogP contribution >= 0.6 is 11.3 Å². The fourth-order valence-corrected chi connectivity index (χ4v) is 3.14. The average Bonchev–Trinajstić information content (AvgIpc) is 3.09. The molecule has 4 nitrogen and oxygen atoms in total. The summed E-state index contributed by atoms with van der Waals surface area (Å²) in [7, 11) is 2.09. The molecule has 0 bridgehead atoms. The second-order valence-corrected chi connectivity index (χ2v) is 6.86. The van der Waals surface area contributed by atoms with Gasteiger partial charge in [0.25, 0.3) is 5.91 Å². The average molecular weight is 356 g/mol. The molecule has 1 heterocycles. The highest BCUT2D eigenvalue weighted by atomic mass is 32.1. The molecule has 2 aromatic rings. The number of carbonyl (C=O) groups is 1. The molecule has 5 heteroatoms. The van der Waals surface area contributed by atoms with Gasteiger partial charge in [-0.25, -0.2) is 0 Å². The summed E-state index contributed by atoms with van der Waals surface area (Å²) in [6.45, 7) is 2.55. The van der Waals surface area contributed by atoms with Crippen LogP contribution in [0.15, 0.2) is 42.5 Å². The van der Waals surface area contributed by atoms with Crippen molar-refractivity contribution in [2.24, 2.45) is 0 Å². The van der Waals surface area contributed by atoms with E-state index in [2.05, 4.69) is 41.2 Å². The first-order valence-corrected chi connectivity index (χ1v) is 9.21. The Kier molecular flexibility index (Phi) is 8.20. The molecule has 1 amide bonds. The topological polar surface area (TPSA) is 52.6 Å². The van der Waals surface area contributed by atoms with E-state index < -0.39 is 0 Å². The number of nitrogens with one attached hydrogen (secondary N) is 1. The highest BCUT2D eigenvalue weighted by Crippen LogP contribution is 2.15. The molecule has 0 saturated carbocycles. The fraction of sp³-hybridized carbons (Fsp3) is 0.350. The number of hydrogen-bond acceptors (Lipinski definition) is 4. The Morgan fingerprint density at radius 1 is 1.24 bits per heavy atom. The van der Waals surface area contributed by atoms with Crippen LogP contribution < -0.4 is 5.32 Å². The van der Waals surface area contributed by atoms with Crippen LogP contribution in [-0.4, -0.2) is 42.7 Å². The van der Waals surface area contributed by atoms with Crippen LogP contribution in [0.3, 0.4) is 0 Å². The van der Waals surface area contributed by atoms with Crippen molar-refractivity contribution < 1.29 is 9.90 Å². The summed E-state index contributed by atoms with van der Waals surface area (Å²) >= 11 is 1.38. The summed E-state index contributed by atoms with van der Waals surface area (Å²) in [5.41, 5.74) is 1.29. The fourth-order valence-electron chi connectivity index (χ4n) is 2.34. The van der Waals surface area contributed by atoms with E-state index in [1.165, 1.54) is 16.9 Å². The minimum atomic E-state index is -0.0501.